The van der Waals surface area contributed by atoms with Crippen LogP contribution in [0.3, 0.4) is 0 Å². The molecule has 3 N–H and O–H groups in total. The van der Waals surface area contributed by atoms with E-state index in [2.05, 4.69) is 24.1 Å². The number of rotatable bonds is 4. The van der Waals surface area contributed by atoms with Gasteiger partial charge in [-0.25, -0.2) is 4.98 Å². The molecule has 19 heavy (non-hydrogen) atoms. The fraction of sp³-hybridized carbons (Fsp3) is 0.692. The highest BCUT2D eigenvalue weighted by atomic mass is 32.1. The maximum Gasteiger partial charge on any atom is 0.267 e. The fourth-order valence-electron chi connectivity index (χ4n) is 2.67. The second-order valence-electron chi connectivity index (χ2n) is 5.17. The van der Waals surface area contributed by atoms with Crippen molar-refractivity contribution in [3.63, 3.8) is 0 Å². The van der Waals surface area contributed by atoms with Crippen LogP contribution in [0.4, 0.5) is 10.9 Å². The Hall–Kier alpha value is -1.30. The van der Waals surface area contributed by atoms with Crippen molar-refractivity contribution in [2.75, 3.05) is 31.2 Å². The van der Waals surface area contributed by atoms with Crippen molar-refractivity contribution < 1.29 is 4.79 Å². The number of aromatic nitrogens is 1. The number of carbonyl (C=O) groups is 1. The van der Waals surface area contributed by atoms with E-state index in [0.717, 1.165) is 32.4 Å². The first-order valence-electron chi connectivity index (χ1n) is 6.78. The van der Waals surface area contributed by atoms with Crippen LogP contribution in [0.15, 0.2) is 0 Å². The predicted molar refractivity (Wildman–Crippen MR) is 79.6 cm³/mol. The van der Waals surface area contributed by atoms with Gasteiger partial charge in [0.05, 0.1) is 0 Å². The molecule has 0 atom stereocenters. The molecule has 0 radical (unpaired) electrons. The number of amides is 1. The molecule has 1 aromatic rings. The van der Waals surface area contributed by atoms with Gasteiger partial charge < -0.3 is 16.0 Å². The molecule has 2 heterocycles. The smallest absolute Gasteiger partial charge is 0.267 e. The molecular formula is C13H22N4OS. The zero-order valence-corrected chi connectivity index (χ0v) is 12.6. The van der Waals surface area contributed by atoms with Gasteiger partial charge in [-0.05, 0) is 24.7 Å². The van der Waals surface area contributed by atoms with Crippen LogP contribution in [0.1, 0.15) is 42.8 Å². The number of nitrogens with one attached hydrogen (secondary N) is 1. The zero-order valence-electron chi connectivity index (χ0n) is 11.8. The second kappa shape index (κ2) is 5.36. The van der Waals surface area contributed by atoms with Crippen molar-refractivity contribution >= 4 is 28.2 Å². The Morgan fingerprint density at radius 1 is 1.53 bits per heavy atom. The van der Waals surface area contributed by atoms with Gasteiger partial charge in [0.25, 0.3) is 5.91 Å². The molecular weight excluding hydrogens is 260 g/mol. The Bertz CT molecular complexity index is 467. The van der Waals surface area contributed by atoms with Gasteiger partial charge in [0.15, 0.2) is 5.13 Å². The molecule has 1 amide bonds. The van der Waals surface area contributed by atoms with E-state index in [4.69, 9.17) is 5.73 Å². The number of anilines is 2. The van der Waals surface area contributed by atoms with Crippen molar-refractivity contribution in [2.45, 2.75) is 33.1 Å². The van der Waals surface area contributed by atoms with Gasteiger partial charge in [0.2, 0.25) is 0 Å². The summed E-state index contributed by atoms with van der Waals surface area (Å²) >= 11 is 1.33. The Morgan fingerprint density at radius 2 is 2.21 bits per heavy atom. The summed E-state index contributed by atoms with van der Waals surface area (Å²) in [5.41, 5.74) is 6.12. The molecule has 106 valence electrons. The van der Waals surface area contributed by atoms with E-state index in [9.17, 15) is 4.79 Å². The Labute approximate surface area is 118 Å². The minimum Gasteiger partial charge on any atom is -0.382 e. The summed E-state index contributed by atoms with van der Waals surface area (Å²) < 4.78 is 0. The van der Waals surface area contributed by atoms with Crippen molar-refractivity contribution in [2.24, 2.45) is 5.41 Å². The molecule has 0 unspecified atom stereocenters. The molecule has 1 saturated heterocycles. The van der Waals surface area contributed by atoms with Crippen molar-refractivity contribution in [1.82, 2.24) is 9.88 Å². The molecule has 0 bridgehead atoms. The number of thiazole rings is 1. The minimum atomic E-state index is 0.0280. The molecule has 1 aliphatic rings. The zero-order chi connectivity index (χ0) is 14.0. The highest BCUT2D eigenvalue weighted by Crippen LogP contribution is 2.38. The summed E-state index contributed by atoms with van der Waals surface area (Å²) in [7, 11) is 1.78. The lowest BCUT2D eigenvalue weighted by Crippen LogP contribution is -2.31. The number of hydrogen-bond acceptors (Lipinski definition) is 5. The Morgan fingerprint density at radius 3 is 2.68 bits per heavy atom. The molecule has 1 fully saturated rings. The van der Waals surface area contributed by atoms with E-state index < -0.39 is 0 Å². The predicted octanol–water partition coefficient (Wildman–Crippen LogP) is 2.42. The highest BCUT2D eigenvalue weighted by Gasteiger charge is 2.38. The molecule has 0 spiro atoms. The number of hydrogen-bond donors (Lipinski definition) is 2. The van der Waals surface area contributed by atoms with Crippen molar-refractivity contribution in [1.29, 1.82) is 0 Å². The number of carbonyl (C=O) groups excluding carboxylic acids is 1. The SMILES string of the molecule is CCC1(CC)CCN(C(=O)c2sc(NC)nc2N)C1. The molecule has 1 aromatic heterocycles. The molecule has 1 aliphatic heterocycles. The first-order chi connectivity index (χ1) is 9.05. The topological polar surface area (TPSA) is 71.2 Å². The summed E-state index contributed by atoms with van der Waals surface area (Å²) in [4.78, 5) is 19.1. The van der Waals surface area contributed by atoms with Gasteiger partial charge in [-0.2, -0.15) is 0 Å². The highest BCUT2D eigenvalue weighted by molar-refractivity contribution is 7.18. The second-order valence-corrected chi connectivity index (χ2v) is 6.17. The summed E-state index contributed by atoms with van der Waals surface area (Å²) in [6, 6.07) is 0. The third kappa shape index (κ3) is 2.54. The third-order valence-electron chi connectivity index (χ3n) is 4.29. The standard InChI is InChI=1S/C13H22N4OS/c1-4-13(5-2)6-7-17(8-13)11(18)9-10(14)16-12(15-3)19-9/h4-8,14H2,1-3H3,(H,15,16). The van der Waals surface area contributed by atoms with Gasteiger partial charge in [-0.1, -0.05) is 25.2 Å². The molecule has 5 nitrogen and oxygen atoms in total. The molecule has 0 saturated carbocycles. The van der Waals surface area contributed by atoms with E-state index in [-0.39, 0.29) is 5.91 Å². The van der Waals surface area contributed by atoms with E-state index >= 15 is 0 Å². The number of nitrogen functional groups attached to an aromatic ring is 1. The van der Waals surface area contributed by atoms with Crippen LogP contribution in [-0.2, 0) is 0 Å². The maximum absolute atomic E-state index is 12.5. The van der Waals surface area contributed by atoms with Gasteiger partial charge in [-0.15, -0.1) is 0 Å². The quantitative estimate of drug-likeness (QED) is 0.889. The van der Waals surface area contributed by atoms with Crippen LogP contribution < -0.4 is 11.1 Å². The monoisotopic (exact) mass is 282 g/mol. The lowest BCUT2D eigenvalue weighted by Gasteiger charge is -2.26. The number of likely N-dealkylation sites (tertiary alicyclic amines) is 1. The van der Waals surface area contributed by atoms with Gasteiger partial charge in [-0.3, -0.25) is 4.79 Å². The first kappa shape index (κ1) is 14.1. The van der Waals surface area contributed by atoms with Gasteiger partial charge in [0.1, 0.15) is 10.7 Å². The molecule has 2 rings (SSSR count). The summed E-state index contributed by atoms with van der Waals surface area (Å²) in [5.74, 6) is 0.366. The number of nitrogens with zero attached hydrogens (tertiary/aromatic N) is 2. The Kier molecular flexibility index (Phi) is 3.99. The maximum atomic E-state index is 12.5. The largest absolute Gasteiger partial charge is 0.382 e. The fourth-order valence-corrected chi connectivity index (χ4v) is 3.48. The van der Waals surface area contributed by atoms with Crippen molar-refractivity contribution in [3.05, 3.63) is 4.88 Å². The van der Waals surface area contributed by atoms with Gasteiger partial charge in [0, 0.05) is 20.1 Å². The van der Waals surface area contributed by atoms with Crippen LogP contribution in [0.2, 0.25) is 0 Å². The molecule has 0 aliphatic carbocycles. The van der Waals surface area contributed by atoms with E-state index in [1.165, 1.54) is 11.3 Å². The van der Waals surface area contributed by atoms with Crippen LogP contribution >= 0.6 is 11.3 Å². The van der Waals surface area contributed by atoms with E-state index in [0.29, 0.717) is 21.2 Å². The summed E-state index contributed by atoms with van der Waals surface area (Å²) in [6.45, 7) is 6.08. The minimum absolute atomic E-state index is 0.0280. The van der Waals surface area contributed by atoms with Crippen LogP contribution in [0, 0.1) is 5.41 Å². The van der Waals surface area contributed by atoms with Gasteiger partial charge >= 0.3 is 0 Å². The average Bonchev–Trinajstić information content (AvgIpc) is 3.02. The lowest BCUT2D eigenvalue weighted by molar-refractivity contribution is 0.0775. The summed E-state index contributed by atoms with van der Waals surface area (Å²) in [5, 5.41) is 3.62. The molecule has 0 aromatic carbocycles. The van der Waals surface area contributed by atoms with Crippen molar-refractivity contribution in [3.8, 4) is 0 Å². The van der Waals surface area contributed by atoms with E-state index in [1.807, 2.05) is 4.90 Å². The number of nitrogens with two attached hydrogens (primary N) is 1. The lowest BCUT2D eigenvalue weighted by atomic mass is 9.82. The average molecular weight is 282 g/mol. The Balaban J connectivity index is 2.15. The molecule has 6 heteroatoms. The summed E-state index contributed by atoms with van der Waals surface area (Å²) in [6.07, 6.45) is 3.32. The van der Waals surface area contributed by atoms with Crippen LogP contribution in [-0.4, -0.2) is 35.9 Å². The first-order valence-corrected chi connectivity index (χ1v) is 7.60. The van der Waals surface area contributed by atoms with Crippen LogP contribution in [0.25, 0.3) is 0 Å². The van der Waals surface area contributed by atoms with E-state index in [1.54, 1.807) is 7.05 Å². The normalized spacial score (nSPS) is 17.7. The third-order valence-corrected chi connectivity index (χ3v) is 5.36. The van der Waals surface area contributed by atoms with Crippen LogP contribution in [0.5, 0.6) is 0 Å².